The molecule has 0 N–H and O–H groups in total. The van der Waals surface area contributed by atoms with Gasteiger partial charge in [-0.05, 0) is 50.3 Å². The van der Waals surface area contributed by atoms with Crippen LogP contribution in [0.4, 0.5) is 4.79 Å². The van der Waals surface area contributed by atoms with Crippen LogP contribution in [0, 0.1) is 0 Å². The predicted octanol–water partition coefficient (Wildman–Crippen LogP) is 3.37. The van der Waals surface area contributed by atoms with E-state index in [1.807, 2.05) is 32.9 Å². The SMILES string of the molecule is CC(C)(C)OC(=O)N1CC2CC1CN2S(=O)(=O)c1ccc(C(C)(C)C)cc1. The normalized spacial score (nSPS) is 23.7. The summed E-state index contributed by atoms with van der Waals surface area (Å²) < 4.78 is 33.2. The Labute approximate surface area is 162 Å². The average molecular weight is 395 g/mol. The minimum absolute atomic E-state index is 0.0249. The molecule has 1 aromatic carbocycles. The molecule has 2 bridgehead atoms. The zero-order valence-corrected chi connectivity index (χ0v) is 17.8. The zero-order chi connectivity index (χ0) is 20.2. The molecule has 27 heavy (non-hydrogen) atoms. The van der Waals surface area contributed by atoms with Crippen LogP contribution in [-0.2, 0) is 20.2 Å². The summed E-state index contributed by atoms with van der Waals surface area (Å²) in [6, 6.07) is 6.84. The third-order valence-corrected chi connectivity index (χ3v) is 7.08. The molecular formula is C20H30N2O4S. The number of fused-ring (bicyclic) bond motifs is 2. The molecule has 150 valence electrons. The van der Waals surface area contributed by atoms with Crippen LogP contribution in [0.1, 0.15) is 53.5 Å². The smallest absolute Gasteiger partial charge is 0.410 e. The van der Waals surface area contributed by atoms with E-state index in [4.69, 9.17) is 4.74 Å². The summed E-state index contributed by atoms with van der Waals surface area (Å²) in [4.78, 5) is 14.3. The van der Waals surface area contributed by atoms with Gasteiger partial charge in [-0.15, -0.1) is 0 Å². The molecule has 1 aromatic rings. The maximum absolute atomic E-state index is 13.1. The number of benzene rings is 1. The summed E-state index contributed by atoms with van der Waals surface area (Å²) in [5.41, 5.74) is 0.517. The van der Waals surface area contributed by atoms with Crippen molar-refractivity contribution in [3.63, 3.8) is 0 Å². The molecule has 6 nitrogen and oxygen atoms in total. The fourth-order valence-corrected chi connectivity index (χ4v) is 5.40. The largest absolute Gasteiger partial charge is 0.444 e. The number of carbonyl (C=O) groups is 1. The standard InChI is InChI=1S/C20H30N2O4S/c1-19(2,3)14-7-9-17(10-8-14)27(24,25)22-13-15-11-16(22)12-21(15)18(23)26-20(4,5)6/h7-10,15-16H,11-13H2,1-6H3. The third kappa shape index (κ3) is 3.99. The molecule has 0 spiro atoms. The van der Waals surface area contributed by atoms with Crippen LogP contribution in [-0.4, -0.2) is 54.5 Å². The van der Waals surface area contributed by atoms with E-state index in [2.05, 4.69) is 20.8 Å². The lowest BCUT2D eigenvalue weighted by Gasteiger charge is -2.34. The number of nitrogens with zero attached hydrogens (tertiary/aromatic N) is 2. The molecule has 2 aliphatic rings. The number of piperazine rings is 1. The molecule has 0 aliphatic carbocycles. The van der Waals surface area contributed by atoms with Crippen molar-refractivity contribution in [2.24, 2.45) is 0 Å². The fourth-order valence-electron chi connectivity index (χ4n) is 3.73. The molecule has 0 radical (unpaired) electrons. The maximum Gasteiger partial charge on any atom is 0.410 e. The van der Waals surface area contributed by atoms with E-state index in [0.717, 1.165) is 5.56 Å². The first-order valence-electron chi connectivity index (χ1n) is 9.41. The molecule has 2 unspecified atom stereocenters. The highest BCUT2D eigenvalue weighted by Gasteiger charge is 2.50. The highest BCUT2D eigenvalue weighted by Crippen LogP contribution is 2.36. The molecule has 0 aromatic heterocycles. The van der Waals surface area contributed by atoms with Crippen molar-refractivity contribution in [3.8, 4) is 0 Å². The Kier molecular flexibility index (Phi) is 4.84. The van der Waals surface area contributed by atoms with E-state index >= 15 is 0 Å². The van der Waals surface area contributed by atoms with Crippen molar-refractivity contribution in [1.82, 2.24) is 9.21 Å². The minimum atomic E-state index is -3.56. The molecule has 2 saturated heterocycles. The summed E-state index contributed by atoms with van der Waals surface area (Å²) in [5, 5.41) is 0. The van der Waals surface area contributed by atoms with Crippen molar-refractivity contribution in [3.05, 3.63) is 29.8 Å². The van der Waals surface area contributed by atoms with E-state index in [1.165, 1.54) is 0 Å². The summed E-state index contributed by atoms with van der Waals surface area (Å²) >= 11 is 0. The Morgan fingerprint density at radius 1 is 1.00 bits per heavy atom. The Bertz CT molecular complexity index is 819. The lowest BCUT2D eigenvalue weighted by Crippen LogP contribution is -2.51. The first kappa shape index (κ1) is 20.1. The highest BCUT2D eigenvalue weighted by atomic mass is 32.2. The molecule has 2 aliphatic heterocycles. The van der Waals surface area contributed by atoms with Crippen LogP contribution in [0.3, 0.4) is 0 Å². The second-order valence-corrected chi connectivity index (χ2v) is 11.4. The van der Waals surface area contributed by atoms with E-state index < -0.39 is 15.6 Å². The van der Waals surface area contributed by atoms with Gasteiger partial charge < -0.3 is 9.64 Å². The summed E-state index contributed by atoms with van der Waals surface area (Å²) in [7, 11) is -3.56. The minimum Gasteiger partial charge on any atom is -0.444 e. The fraction of sp³-hybridized carbons (Fsp3) is 0.650. The van der Waals surface area contributed by atoms with Crippen molar-refractivity contribution in [1.29, 1.82) is 0 Å². The second kappa shape index (κ2) is 6.48. The number of ether oxygens (including phenoxy) is 1. The van der Waals surface area contributed by atoms with Gasteiger partial charge in [-0.2, -0.15) is 4.31 Å². The Morgan fingerprint density at radius 2 is 1.59 bits per heavy atom. The predicted molar refractivity (Wildman–Crippen MR) is 104 cm³/mol. The zero-order valence-electron chi connectivity index (χ0n) is 17.0. The van der Waals surface area contributed by atoms with E-state index in [-0.39, 0.29) is 23.6 Å². The molecule has 7 heteroatoms. The number of carbonyl (C=O) groups excluding carboxylic acids is 1. The summed E-state index contributed by atoms with van der Waals surface area (Å²) in [6.07, 6.45) is 0.306. The van der Waals surface area contributed by atoms with Gasteiger partial charge in [0, 0.05) is 19.1 Å². The van der Waals surface area contributed by atoms with Gasteiger partial charge in [0.25, 0.3) is 0 Å². The number of rotatable bonds is 2. The quantitative estimate of drug-likeness (QED) is 0.771. The van der Waals surface area contributed by atoms with E-state index in [0.29, 0.717) is 24.4 Å². The highest BCUT2D eigenvalue weighted by molar-refractivity contribution is 7.89. The van der Waals surface area contributed by atoms with Crippen molar-refractivity contribution in [2.45, 2.75) is 76.0 Å². The van der Waals surface area contributed by atoms with Crippen LogP contribution in [0.25, 0.3) is 0 Å². The van der Waals surface area contributed by atoms with Gasteiger partial charge in [-0.1, -0.05) is 32.9 Å². The van der Waals surface area contributed by atoms with Crippen LogP contribution in [0.2, 0.25) is 0 Å². The van der Waals surface area contributed by atoms with Gasteiger partial charge in [-0.25, -0.2) is 13.2 Å². The van der Waals surface area contributed by atoms with Gasteiger partial charge in [0.15, 0.2) is 0 Å². The van der Waals surface area contributed by atoms with Gasteiger partial charge in [0.2, 0.25) is 10.0 Å². The summed E-state index contributed by atoms with van der Waals surface area (Å²) in [5.74, 6) is 0. The lowest BCUT2D eigenvalue weighted by atomic mass is 9.87. The van der Waals surface area contributed by atoms with Crippen LogP contribution < -0.4 is 0 Å². The molecule has 3 rings (SSSR count). The van der Waals surface area contributed by atoms with Crippen molar-refractivity contribution in [2.75, 3.05) is 13.1 Å². The van der Waals surface area contributed by atoms with E-state index in [9.17, 15) is 13.2 Å². The van der Waals surface area contributed by atoms with Crippen molar-refractivity contribution < 1.29 is 17.9 Å². The lowest BCUT2D eigenvalue weighted by molar-refractivity contribution is 0.0173. The summed E-state index contributed by atoms with van der Waals surface area (Å²) in [6.45, 7) is 12.5. The van der Waals surface area contributed by atoms with Gasteiger partial charge >= 0.3 is 6.09 Å². The second-order valence-electron chi connectivity index (χ2n) is 9.53. The van der Waals surface area contributed by atoms with Crippen LogP contribution >= 0.6 is 0 Å². The van der Waals surface area contributed by atoms with Crippen molar-refractivity contribution >= 4 is 16.1 Å². The molecule has 1 amide bonds. The van der Waals surface area contributed by atoms with Gasteiger partial charge in [-0.3, -0.25) is 0 Å². The number of likely N-dealkylation sites (tertiary alicyclic amines) is 1. The van der Waals surface area contributed by atoms with E-state index in [1.54, 1.807) is 21.3 Å². The molecule has 2 atom stereocenters. The molecule has 2 heterocycles. The van der Waals surface area contributed by atoms with Crippen LogP contribution in [0.5, 0.6) is 0 Å². The van der Waals surface area contributed by atoms with Gasteiger partial charge in [0.1, 0.15) is 5.60 Å². The monoisotopic (exact) mass is 394 g/mol. The van der Waals surface area contributed by atoms with Crippen LogP contribution in [0.15, 0.2) is 29.2 Å². The molecule has 2 fully saturated rings. The first-order valence-corrected chi connectivity index (χ1v) is 10.8. The number of sulfonamides is 1. The third-order valence-electron chi connectivity index (χ3n) is 5.15. The number of hydrogen-bond donors (Lipinski definition) is 0. The number of amides is 1. The Morgan fingerprint density at radius 3 is 2.04 bits per heavy atom. The number of hydrogen-bond acceptors (Lipinski definition) is 4. The molecule has 0 saturated carbocycles. The van der Waals surface area contributed by atoms with Gasteiger partial charge in [0.05, 0.1) is 10.9 Å². The molecular weight excluding hydrogens is 364 g/mol. The Balaban J connectivity index is 1.73. The maximum atomic E-state index is 13.1. The topological polar surface area (TPSA) is 66.9 Å². The average Bonchev–Trinajstić information content (AvgIpc) is 3.13. The first-order chi connectivity index (χ1) is 12.3. The Hall–Kier alpha value is -1.60.